The fourth-order valence-electron chi connectivity index (χ4n) is 1.78. The molecule has 0 aliphatic carbocycles. The van der Waals surface area contributed by atoms with Crippen LogP contribution in [0.2, 0.25) is 0 Å². The van der Waals surface area contributed by atoms with Crippen molar-refractivity contribution < 1.29 is 9.53 Å². The zero-order valence-electron chi connectivity index (χ0n) is 11.2. The van der Waals surface area contributed by atoms with Crippen LogP contribution in [0.25, 0.3) is 0 Å². The Morgan fingerprint density at radius 1 is 1.05 bits per heavy atom. The van der Waals surface area contributed by atoms with Crippen molar-refractivity contribution in [3.8, 4) is 5.75 Å². The smallest absolute Gasteiger partial charge is 0.262 e. The third-order valence-corrected chi connectivity index (χ3v) is 2.78. The molecule has 2 rings (SSSR count). The second kappa shape index (κ2) is 7.31. The van der Waals surface area contributed by atoms with Crippen LogP contribution in [0, 0.1) is 0 Å². The minimum Gasteiger partial charge on any atom is -0.484 e. The van der Waals surface area contributed by atoms with E-state index in [4.69, 9.17) is 10.5 Å². The third kappa shape index (κ3) is 4.40. The average molecular weight is 270 g/mol. The number of nitrogens with one attached hydrogen (secondary N) is 1. The van der Waals surface area contributed by atoms with Gasteiger partial charge in [-0.05, 0) is 42.8 Å². The van der Waals surface area contributed by atoms with Gasteiger partial charge in [0.15, 0.2) is 6.61 Å². The molecule has 0 saturated heterocycles. The molecule has 0 heterocycles. The molecule has 0 fully saturated rings. The Balaban J connectivity index is 1.82. The Kier molecular flexibility index (Phi) is 5.15. The van der Waals surface area contributed by atoms with E-state index in [2.05, 4.69) is 5.32 Å². The molecule has 2 aromatic carbocycles. The van der Waals surface area contributed by atoms with Gasteiger partial charge >= 0.3 is 0 Å². The maximum atomic E-state index is 11.7. The molecule has 0 spiro atoms. The van der Waals surface area contributed by atoms with Gasteiger partial charge in [0.1, 0.15) is 5.75 Å². The van der Waals surface area contributed by atoms with Gasteiger partial charge in [0.2, 0.25) is 0 Å². The lowest BCUT2D eigenvalue weighted by molar-refractivity contribution is -0.118. The van der Waals surface area contributed by atoms with Crippen LogP contribution in [0.4, 0.5) is 5.69 Å². The van der Waals surface area contributed by atoms with Gasteiger partial charge in [-0.3, -0.25) is 4.79 Å². The van der Waals surface area contributed by atoms with Crippen molar-refractivity contribution in [3.05, 3.63) is 60.2 Å². The quantitative estimate of drug-likeness (QED) is 0.845. The number of hydrogen-bond donors (Lipinski definition) is 2. The van der Waals surface area contributed by atoms with Gasteiger partial charge in [-0.2, -0.15) is 0 Å². The fraction of sp³-hybridized carbons (Fsp3) is 0.188. The van der Waals surface area contributed by atoms with Gasteiger partial charge in [0.05, 0.1) is 0 Å². The number of carbonyl (C=O) groups excluding carboxylic acids is 1. The lowest BCUT2D eigenvalue weighted by Gasteiger charge is -2.08. The molecular formula is C16H18N2O2. The summed E-state index contributed by atoms with van der Waals surface area (Å²) in [6.45, 7) is 0.616. The molecule has 0 aliphatic rings. The molecule has 0 aromatic heterocycles. The van der Waals surface area contributed by atoms with Gasteiger partial charge in [-0.1, -0.05) is 30.3 Å². The summed E-state index contributed by atoms with van der Waals surface area (Å²) in [5.74, 6) is 0.501. The second-order valence-electron chi connectivity index (χ2n) is 4.39. The van der Waals surface area contributed by atoms with E-state index in [-0.39, 0.29) is 12.5 Å². The molecule has 20 heavy (non-hydrogen) atoms. The molecule has 0 saturated carbocycles. The maximum absolute atomic E-state index is 11.7. The molecule has 0 unspecified atom stereocenters. The minimum absolute atomic E-state index is 0.00539. The zero-order valence-corrected chi connectivity index (χ0v) is 11.2. The molecule has 0 atom stereocenters. The zero-order chi connectivity index (χ0) is 14.2. The van der Waals surface area contributed by atoms with Crippen LogP contribution in [0.15, 0.2) is 54.6 Å². The third-order valence-electron chi connectivity index (χ3n) is 2.78. The van der Waals surface area contributed by atoms with Gasteiger partial charge in [-0.15, -0.1) is 0 Å². The number of benzene rings is 2. The molecule has 4 nitrogen and oxygen atoms in total. The highest BCUT2D eigenvalue weighted by Crippen LogP contribution is 2.11. The Morgan fingerprint density at radius 2 is 1.75 bits per heavy atom. The van der Waals surface area contributed by atoms with Crippen LogP contribution >= 0.6 is 0 Å². The molecule has 1 amide bonds. The first kappa shape index (κ1) is 14.1. The molecule has 104 valence electrons. The molecular weight excluding hydrogens is 252 g/mol. The predicted molar refractivity (Wildman–Crippen MR) is 79.8 cm³/mol. The largest absolute Gasteiger partial charge is 0.484 e. The number of carbonyl (C=O) groups is 1. The van der Waals surface area contributed by atoms with E-state index in [0.29, 0.717) is 12.3 Å². The minimum atomic E-state index is -0.180. The van der Waals surface area contributed by atoms with Crippen molar-refractivity contribution in [2.24, 2.45) is 5.73 Å². The summed E-state index contributed by atoms with van der Waals surface area (Å²) in [5.41, 5.74) is 7.40. The lowest BCUT2D eigenvalue weighted by Crippen LogP contribution is -2.20. The van der Waals surface area contributed by atoms with Crippen molar-refractivity contribution in [3.63, 3.8) is 0 Å². The number of para-hydroxylation sites is 1. The first-order valence-corrected chi connectivity index (χ1v) is 6.54. The van der Waals surface area contributed by atoms with Gasteiger partial charge in [0.25, 0.3) is 5.91 Å². The van der Waals surface area contributed by atoms with E-state index in [0.717, 1.165) is 17.7 Å². The molecule has 4 heteroatoms. The number of ether oxygens (including phenoxy) is 1. The van der Waals surface area contributed by atoms with Crippen molar-refractivity contribution >= 4 is 11.6 Å². The summed E-state index contributed by atoms with van der Waals surface area (Å²) < 4.78 is 5.37. The SMILES string of the molecule is NCCc1ccc(NC(=O)COc2ccccc2)cc1. The van der Waals surface area contributed by atoms with Crippen LogP contribution < -0.4 is 15.8 Å². The van der Waals surface area contributed by atoms with Crippen LogP contribution in [-0.4, -0.2) is 19.1 Å². The van der Waals surface area contributed by atoms with E-state index in [1.54, 1.807) is 0 Å². The normalized spacial score (nSPS) is 10.1. The summed E-state index contributed by atoms with van der Waals surface area (Å²) in [6.07, 6.45) is 0.839. The lowest BCUT2D eigenvalue weighted by atomic mass is 10.1. The Labute approximate surface area is 118 Å². The van der Waals surface area contributed by atoms with Crippen LogP contribution in [0.5, 0.6) is 5.75 Å². The van der Waals surface area contributed by atoms with E-state index >= 15 is 0 Å². The summed E-state index contributed by atoms with van der Waals surface area (Å²) in [4.78, 5) is 11.7. The molecule has 3 N–H and O–H groups in total. The van der Waals surface area contributed by atoms with Crippen molar-refractivity contribution in [2.75, 3.05) is 18.5 Å². The van der Waals surface area contributed by atoms with Crippen molar-refractivity contribution in [1.29, 1.82) is 0 Å². The highest BCUT2D eigenvalue weighted by atomic mass is 16.5. The number of amides is 1. The Hall–Kier alpha value is -2.33. The Morgan fingerprint density at radius 3 is 2.40 bits per heavy atom. The highest BCUT2D eigenvalue weighted by Gasteiger charge is 2.03. The standard InChI is InChI=1S/C16H18N2O2/c17-11-10-13-6-8-14(9-7-13)18-16(19)12-20-15-4-2-1-3-5-15/h1-9H,10-12,17H2,(H,18,19). The highest BCUT2D eigenvalue weighted by molar-refractivity contribution is 5.91. The first-order chi connectivity index (χ1) is 9.78. The van der Waals surface area contributed by atoms with Gasteiger partial charge < -0.3 is 15.8 Å². The summed E-state index contributed by atoms with van der Waals surface area (Å²) in [7, 11) is 0. The monoisotopic (exact) mass is 270 g/mol. The predicted octanol–water partition coefficient (Wildman–Crippen LogP) is 2.21. The van der Waals surface area contributed by atoms with E-state index in [9.17, 15) is 4.79 Å². The van der Waals surface area contributed by atoms with Crippen LogP contribution in [0.1, 0.15) is 5.56 Å². The van der Waals surface area contributed by atoms with Crippen LogP contribution in [-0.2, 0) is 11.2 Å². The number of nitrogens with two attached hydrogens (primary N) is 1. The average Bonchev–Trinajstić information content (AvgIpc) is 2.49. The van der Waals surface area contributed by atoms with E-state index < -0.39 is 0 Å². The van der Waals surface area contributed by atoms with E-state index in [1.807, 2.05) is 54.6 Å². The van der Waals surface area contributed by atoms with Crippen LogP contribution in [0.3, 0.4) is 0 Å². The van der Waals surface area contributed by atoms with E-state index in [1.165, 1.54) is 0 Å². The summed E-state index contributed by atoms with van der Waals surface area (Å²) in [6, 6.07) is 16.9. The Bertz CT molecular complexity index is 538. The summed E-state index contributed by atoms with van der Waals surface area (Å²) in [5, 5.41) is 2.79. The fourth-order valence-corrected chi connectivity index (χ4v) is 1.78. The number of hydrogen-bond acceptors (Lipinski definition) is 3. The number of rotatable bonds is 6. The summed E-state index contributed by atoms with van der Waals surface area (Å²) >= 11 is 0. The second-order valence-corrected chi connectivity index (χ2v) is 4.39. The number of anilines is 1. The van der Waals surface area contributed by atoms with Gasteiger partial charge in [-0.25, -0.2) is 0 Å². The molecule has 0 aliphatic heterocycles. The van der Waals surface area contributed by atoms with Crippen molar-refractivity contribution in [1.82, 2.24) is 0 Å². The molecule has 2 aromatic rings. The van der Waals surface area contributed by atoms with Gasteiger partial charge in [0, 0.05) is 5.69 Å². The molecule has 0 bridgehead atoms. The maximum Gasteiger partial charge on any atom is 0.262 e. The molecule has 0 radical (unpaired) electrons. The topological polar surface area (TPSA) is 64.3 Å². The first-order valence-electron chi connectivity index (χ1n) is 6.54. The van der Waals surface area contributed by atoms with Crippen molar-refractivity contribution in [2.45, 2.75) is 6.42 Å².